The van der Waals surface area contributed by atoms with Gasteiger partial charge in [-0.3, -0.25) is 18.7 Å². The lowest BCUT2D eigenvalue weighted by Gasteiger charge is -2.13. The summed E-state index contributed by atoms with van der Waals surface area (Å²) in [4.78, 5) is 45.8. The second-order valence-electron chi connectivity index (χ2n) is 32.3. The topological polar surface area (TPSA) is 154 Å². The second kappa shape index (κ2) is 31.1. The minimum atomic E-state index is 0.551. The van der Waals surface area contributed by atoms with Crippen LogP contribution in [0.15, 0.2) is 441 Å². The number of hydrogen-bond donors (Lipinski definition) is 0. The summed E-state index contributed by atoms with van der Waals surface area (Å²) in [5.74, 6) is 4.26. The molecule has 15 heteroatoms. The lowest BCUT2D eigenvalue weighted by atomic mass is 10.0. The number of rotatable bonds is 11. The fourth-order valence-electron chi connectivity index (χ4n) is 19.1. The molecule has 0 saturated heterocycles. The molecule has 0 aliphatic heterocycles. The van der Waals surface area contributed by atoms with Gasteiger partial charge in [0.2, 0.25) is 17.8 Å². The fourth-order valence-corrected chi connectivity index (χ4v) is 19.1. The van der Waals surface area contributed by atoms with Gasteiger partial charge in [0.05, 0.1) is 77.5 Å². The van der Waals surface area contributed by atoms with Gasteiger partial charge in [-0.05, 0) is 108 Å². The number of benzene rings is 17. The molecule has 0 N–H and O–H groups in total. The third-order valence-corrected chi connectivity index (χ3v) is 24.8. The highest BCUT2D eigenvalue weighted by molar-refractivity contribution is 6.30. The Balaban J connectivity index is 0.000000106. The van der Waals surface area contributed by atoms with E-state index in [2.05, 4.69) is 302 Å². The number of fused-ring (bicyclic) bond motifs is 23. The average molecular weight is 1670 g/mol. The second-order valence-corrected chi connectivity index (χ2v) is 32.3. The van der Waals surface area contributed by atoms with Crippen LogP contribution < -0.4 is 0 Å². The van der Waals surface area contributed by atoms with E-state index in [0.717, 1.165) is 176 Å². The highest BCUT2D eigenvalue weighted by Gasteiger charge is 2.29. The number of pyridine rings is 1. The van der Waals surface area contributed by atoms with E-state index >= 15 is 0 Å². The maximum atomic E-state index is 6.28. The minimum Gasteiger partial charge on any atom is -0.456 e. The maximum absolute atomic E-state index is 6.28. The average Bonchev–Trinajstić information content (AvgIpc) is 1.56. The van der Waals surface area contributed by atoms with Gasteiger partial charge in [-0.15, -0.1) is 0 Å². The highest BCUT2D eigenvalue weighted by atomic mass is 16.3. The first kappa shape index (κ1) is 74.7. The van der Waals surface area contributed by atoms with Gasteiger partial charge in [0, 0.05) is 105 Å². The van der Waals surface area contributed by atoms with E-state index in [0.29, 0.717) is 41.1 Å². The van der Waals surface area contributed by atoms with Crippen molar-refractivity contribution in [3.05, 3.63) is 437 Å². The van der Waals surface area contributed by atoms with Crippen LogP contribution in [0, 0.1) is 0 Å². The lowest BCUT2D eigenvalue weighted by molar-refractivity contribution is 0.669. The Kier molecular flexibility index (Phi) is 17.8. The zero-order valence-electron chi connectivity index (χ0n) is 69.7. The van der Waals surface area contributed by atoms with Gasteiger partial charge in [-0.2, -0.15) is 19.9 Å². The van der Waals surface area contributed by atoms with E-state index in [1.807, 2.05) is 158 Å². The molecule has 0 atom stereocenters. The number of aromatic nitrogens is 14. The molecule has 10 heterocycles. The summed E-state index contributed by atoms with van der Waals surface area (Å²) < 4.78 is 17.6. The number of para-hydroxylation sites is 6. The van der Waals surface area contributed by atoms with E-state index in [9.17, 15) is 0 Å². The Morgan fingerprint density at radius 1 is 0.192 bits per heavy atom. The van der Waals surface area contributed by atoms with Crippen LogP contribution in [0.5, 0.6) is 0 Å². The fraction of sp³-hybridized carbons (Fsp3) is 0. The minimum absolute atomic E-state index is 0.551. The van der Waals surface area contributed by atoms with Gasteiger partial charge in [-0.25, -0.2) is 19.9 Å². The van der Waals surface area contributed by atoms with Crippen LogP contribution in [-0.4, -0.2) is 67.7 Å². The normalized spacial score (nSPS) is 11.7. The molecule has 27 aromatic rings. The van der Waals surface area contributed by atoms with Gasteiger partial charge in [0.1, 0.15) is 11.2 Å². The quantitative estimate of drug-likeness (QED) is 0.122. The van der Waals surface area contributed by atoms with Crippen LogP contribution in [0.2, 0.25) is 0 Å². The molecule has 0 bridgehead atoms. The SMILES string of the molecule is c1ccc(-c2cc(-c3ccccc3)nc(-n3c4ccccc4c4ccc5oc6ccccc6c5c43)n2)cc1.c1ccc(-c2nc(-c3ccccc3)nc(-n3c4ccccc4c4ccc5c6c7ccccc7ccc6n(-c6ccccc6)c5c43)n2)cc1.c1ccc(-c2nc(-c3ccccc3)nc(-n3c4cccnc4c4ccc5c(c6ccccc6n5-c5ccccc5)c43)n2)cc1. The molecular weight excluding hydrogens is 1590 g/mol. The summed E-state index contributed by atoms with van der Waals surface area (Å²) in [6.45, 7) is 0. The summed E-state index contributed by atoms with van der Waals surface area (Å²) in [7, 11) is 0. The van der Waals surface area contributed by atoms with Crippen molar-refractivity contribution in [2.45, 2.75) is 0 Å². The molecule has 15 nitrogen and oxygen atoms in total. The Bertz CT molecular complexity index is 8920. The van der Waals surface area contributed by atoms with Crippen molar-refractivity contribution in [2.75, 3.05) is 0 Å². The molecule has 27 rings (SSSR count). The maximum Gasteiger partial charge on any atom is 0.238 e. The van der Waals surface area contributed by atoms with Crippen LogP contribution in [0.25, 0.3) is 239 Å². The molecule has 17 aromatic carbocycles. The van der Waals surface area contributed by atoms with Gasteiger partial charge in [0.15, 0.2) is 23.3 Å². The number of furan rings is 1. The Morgan fingerprint density at radius 2 is 0.562 bits per heavy atom. The Morgan fingerprint density at radius 3 is 1.11 bits per heavy atom. The first-order valence-electron chi connectivity index (χ1n) is 43.4. The standard InChI is InChI=1S/C43H27N5.C38H24N6.C34H21N3O/c1-4-15-29(16-5-1)41-44-42(30-17-6-2-7-18-30)46-43(45-41)48-36-23-13-12-22-33(36)34-25-26-35-38-32-21-11-10-14-28(32)24-27-37(38)47(40(35)39(34)48)31-19-8-3-9-20-31;1-4-13-25(14-5-1)36-40-37(26-15-6-2-7-16-26)42-38(41-36)44-32-21-12-24-39-34(32)29-22-23-31-33(35(29)44)28-19-10-11-20-30(28)43(31)27-17-8-3-9-18-27;1-3-11-22(12-4-1)27-21-28(23-13-5-2-6-14-23)36-34(35-27)37-29-17-9-7-15-24(29)25-19-20-31-32(33(25)37)26-16-8-10-18-30(26)38-31/h1-27H;1-24H;1-21H. The molecule has 608 valence electrons. The van der Waals surface area contributed by atoms with Crippen molar-refractivity contribution in [1.82, 2.24) is 67.7 Å². The summed E-state index contributed by atoms with van der Waals surface area (Å²) in [6, 6.07) is 149. The molecule has 130 heavy (non-hydrogen) atoms. The molecular formula is C115H72N14O. The summed E-state index contributed by atoms with van der Waals surface area (Å²) in [6.07, 6.45) is 1.85. The van der Waals surface area contributed by atoms with Crippen LogP contribution in [-0.2, 0) is 0 Å². The van der Waals surface area contributed by atoms with Crippen LogP contribution >= 0.6 is 0 Å². The van der Waals surface area contributed by atoms with E-state index in [-0.39, 0.29) is 0 Å². The predicted octanol–water partition coefficient (Wildman–Crippen LogP) is 28.2. The van der Waals surface area contributed by atoms with Crippen molar-refractivity contribution in [1.29, 1.82) is 0 Å². The summed E-state index contributed by atoms with van der Waals surface area (Å²) in [5.41, 5.74) is 23.1. The Labute approximate surface area is 743 Å². The number of hydrogen-bond acceptors (Lipinski definition) is 10. The zero-order valence-corrected chi connectivity index (χ0v) is 69.7. The molecule has 10 aromatic heterocycles. The van der Waals surface area contributed by atoms with E-state index in [4.69, 9.17) is 49.3 Å². The molecule has 0 unspecified atom stereocenters. The van der Waals surface area contributed by atoms with Crippen molar-refractivity contribution in [3.63, 3.8) is 0 Å². The molecule has 0 amide bonds. The lowest BCUT2D eigenvalue weighted by Crippen LogP contribution is -2.07. The van der Waals surface area contributed by atoms with Crippen LogP contribution in [0.3, 0.4) is 0 Å². The van der Waals surface area contributed by atoms with Crippen molar-refractivity contribution < 1.29 is 4.42 Å². The number of nitrogens with zero attached hydrogens (tertiary/aromatic N) is 14. The highest BCUT2D eigenvalue weighted by Crippen LogP contribution is 2.47. The van der Waals surface area contributed by atoms with Crippen LogP contribution in [0.1, 0.15) is 0 Å². The molecule has 0 fully saturated rings. The first-order valence-corrected chi connectivity index (χ1v) is 43.4. The van der Waals surface area contributed by atoms with Crippen molar-refractivity contribution in [2.24, 2.45) is 0 Å². The molecule has 0 aliphatic rings. The monoisotopic (exact) mass is 1660 g/mol. The third kappa shape index (κ3) is 12.5. The smallest absolute Gasteiger partial charge is 0.238 e. The molecule has 0 spiro atoms. The molecule has 0 radical (unpaired) electrons. The first-order chi connectivity index (χ1) is 64.5. The molecule has 0 saturated carbocycles. The van der Waals surface area contributed by atoms with Gasteiger partial charge < -0.3 is 13.6 Å². The molecule has 0 aliphatic carbocycles. The zero-order chi connectivity index (χ0) is 85.7. The van der Waals surface area contributed by atoms with Gasteiger partial charge in [-0.1, -0.05) is 334 Å². The van der Waals surface area contributed by atoms with Gasteiger partial charge >= 0.3 is 0 Å². The largest absolute Gasteiger partial charge is 0.456 e. The third-order valence-electron chi connectivity index (χ3n) is 24.8. The summed E-state index contributed by atoms with van der Waals surface area (Å²) >= 11 is 0. The van der Waals surface area contributed by atoms with Crippen molar-refractivity contribution >= 4 is 142 Å². The predicted molar refractivity (Wildman–Crippen MR) is 529 cm³/mol. The van der Waals surface area contributed by atoms with E-state index in [1.165, 1.54) is 21.5 Å². The van der Waals surface area contributed by atoms with Crippen molar-refractivity contribution in [3.8, 4) is 97.3 Å². The van der Waals surface area contributed by atoms with E-state index in [1.54, 1.807) is 0 Å². The van der Waals surface area contributed by atoms with E-state index < -0.39 is 0 Å². The Hall–Kier alpha value is -18.0. The summed E-state index contributed by atoms with van der Waals surface area (Å²) in [5, 5.41) is 14.9. The van der Waals surface area contributed by atoms with Crippen LogP contribution in [0.4, 0.5) is 0 Å². The van der Waals surface area contributed by atoms with Gasteiger partial charge in [0.25, 0.3) is 0 Å².